The standard InChI is InChI=1S/C13H22N2O2S/c1-10-4-6-13(7-5-10)11(16)15(12(17)14-13)8-2-3-9-18/h10,18H,2-9H2,1H3,(H,14,17). The van der Waals surface area contributed by atoms with Crippen LogP contribution in [0.25, 0.3) is 0 Å². The van der Waals surface area contributed by atoms with E-state index in [1.165, 1.54) is 4.90 Å². The van der Waals surface area contributed by atoms with Gasteiger partial charge in [0, 0.05) is 6.54 Å². The third-order valence-electron chi connectivity index (χ3n) is 4.16. The third-order valence-corrected chi connectivity index (χ3v) is 4.48. The highest BCUT2D eigenvalue weighted by atomic mass is 32.1. The number of hydrogen-bond donors (Lipinski definition) is 2. The number of nitrogens with zero attached hydrogens (tertiary/aromatic N) is 1. The molecule has 1 N–H and O–H groups in total. The lowest BCUT2D eigenvalue weighted by molar-refractivity contribution is -0.132. The quantitative estimate of drug-likeness (QED) is 0.467. The molecule has 0 radical (unpaired) electrons. The van der Waals surface area contributed by atoms with Crippen molar-refractivity contribution in [2.45, 2.75) is 51.0 Å². The topological polar surface area (TPSA) is 49.4 Å². The molecule has 5 heteroatoms. The molecule has 0 aromatic carbocycles. The van der Waals surface area contributed by atoms with Crippen molar-refractivity contribution >= 4 is 24.6 Å². The first kappa shape index (κ1) is 13.7. The van der Waals surface area contributed by atoms with Gasteiger partial charge in [0.15, 0.2) is 0 Å². The van der Waals surface area contributed by atoms with Crippen LogP contribution >= 0.6 is 12.6 Å². The Hall–Kier alpha value is -0.710. The van der Waals surface area contributed by atoms with Crippen LogP contribution in [0.5, 0.6) is 0 Å². The lowest BCUT2D eigenvalue weighted by Crippen LogP contribution is -2.49. The molecule has 4 nitrogen and oxygen atoms in total. The van der Waals surface area contributed by atoms with Crippen LogP contribution in [0.4, 0.5) is 4.79 Å². The molecule has 0 bridgehead atoms. The van der Waals surface area contributed by atoms with Crippen molar-refractivity contribution in [2.75, 3.05) is 12.3 Å². The van der Waals surface area contributed by atoms with Crippen LogP contribution in [0.2, 0.25) is 0 Å². The van der Waals surface area contributed by atoms with Crippen molar-refractivity contribution in [3.8, 4) is 0 Å². The molecule has 18 heavy (non-hydrogen) atoms. The van der Waals surface area contributed by atoms with Gasteiger partial charge in [-0.2, -0.15) is 12.6 Å². The Morgan fingerprint density at radius 3 is 2.61 bits per heavy atom. The molecule has 0 unspecified atom stereocenters. The molecule has 2 rings (SSSR count). The fraction of sp³-hybridized carbons (Fsp3) is 0.846. The van der Waals surface area contributed by atoms with Gasteiger partial charge in [-0.1, -0.05) is 6.92 Å². The van der Waals surface area contributed by atoms with E-state index in [9.17, 15) is 9.59 Å². The highest BCUT2D eigenvalue weighted by Crippen LogP contribution is 2.36. The molecule has 1 spiro atoms. The third kappa shape index (κ3) is 2.51. The van der Waals surface area contributed by atoms with Crippen LogP contribution < -0.4 is 5.32 Å². The summed E-state index contributed by atoms with van der Waals surface area (Å²) in [6, 6.07) is -0.200. The highest BCUT2D eigenvalue weighted by molar-refractivity contribution is 7.80. The first-order chi connectivity index (χ1) is 8.59. The molecular formula is C13H22N2O2S. The summed E-state index contributed by atoms with van der Waals surface area (Å²) in [6.07, 6.45) is 5.41. The number of rotatable bonds is 4. The van der Waals surface area contributed by atoms with Crippen molar-refractivity contribution in [1.82, 2.24) is 10.2 Å². The second kappa shape index (κ2) is 5.51. The summed E-state index contributed by atoms with van der Waals surface area (Å²) in [7, 11) is 0. The number of carbonyl (C=O) groups is 2. The largest absolute Gasteiger partial charge is 0.325 e. The van der Waals surface area contributed by atoms with Gasteiger partial charge in [0.05, 0.1) is 0 Å². The summed E-state index contributed by atoms with van der Waals surface area (Å²) in [5.41, 5.74) is -0.579. The smallest absolute Gasteiger partial charge is 0.323 e. The maximum absolute atomic E-state index is 12.4. The Balaban J connectivity index is 1.99. The van der Waals surface area contributed by atoms with Gasteiger partial charge in [-0.05, 0) is 50.2 Å². The van der Waals surface area contributed by atoms with E-state index in [0.717, 1.165) is 44.3 Å². The minimum absolute atomic E-state index is 0.00133. The second-order valence-corrected chi connectivity index (χ2v) is 6.03. The average molecular weight is 270 g/mol. The Morgan fingerprint density at radius 2 is 2.00 bits per heavy atom. The number of nitrogens with one attached hydrogen (secondary N) is 1. The highest BCUT2D eigenvalue weighted by Gasteiger charge is 2.51. The SMILES string of the molecule is CC1CCC2(CC1)NC(=O)N(CCCCS)C2=O. The van der Waals surface area contributed by atoms with E-state index in [2.05, 4.69) is 24.9 Å². The number of unbranched alkanes of at least 4 members (excludes halogenated alkanes) is 1. The van der Waals surface area contributed by atoms with Gasteiger partial charge in [-0.15, -0.1) is 0 Å². The first-order valence-corrected chi connectivity index (χ1v) is 7.47. The predicted octanol–water partition coefficient (Wildman–Crippen LogP) is 2.20. The van der Waals surface area contributed by atoms with Crippen LogP contribution in [-0.2, 0) is 4.79 Å². The monoisotopic (exact) mass is 270 g/mol. The van der Waals surface area contributed by atoms with Gasteiger partial charge >= 0.3 is 6.03 Å². The zero-order valence-electron chi connectivity index (χ0n) is 10.9. The number of imide groups is 1. The number of amides is 3. The lowest BCUT2D eigenvalue weighted by Gasteiger charge is -2.33. The first-order valence-electron chi connectivity index (χ1n) is 6.84. The fourth-order valence-electron chi connectivity index (χ4n) is 2.85. The van der Waals surface area contributed by atoms with Crippen LogP contribution in [0.1, 0.15) is 45.4 Å². The van der Waals surface area contributed by atoms with Crippen molar-refractivity contribution in [1.29, 1.82) is 0 Å². The maximum atomic E-state index is 12.4. The normalized spacial score (nSPS) is 32.1. The van der Waals surface area contributed by atoms with Gasteiger partial charge in [-0.25, -0.2) is 4.79 Å². The lowest BCUT2D eigenvalue weighted by atomic mass is 9.77. The predicted molar refractivity (Wildman–Crippen MR) is 73.7 cm³/mol. The molecule has 1 saturated heterocycles. The van der Waals surface area contributed by atoms with Gasteiger partial charge < -0.3 is 5.32 Å². The average Bonchev–Trinajstić information content (AvgIpc) is 2.58. The Kier molecular flexibility index (Phi) is 4.20. The molecular weight excluding hydrogens is 248 g/mol. The fourth-order valence-corrected chi connectivity index (χ4v) is 3.08. The van der Waals surface area contributed by atoms with E-state index in [1.807, 2.05) is 0 Å². The summed E-state index contributed by atoms with van der Waals surface area (Å²) in [6.45, 7) is 2.74. The van der Waals surface area contributed by atoms with E-state index < -0.39 is 5.54 Å². The van der Waals surface area contributed by atoms with E-state index in [1.54, 1.807) is 0 Å². The summed E-state index contributed by atoms with van der Waals surface area (Å²) >= 11 is 4.14. The minimum Gasteiger partial charge on any atom is -0.323 e. The summed E-state index contributed by atoms with van der Waals surface area (Å²) in [5, 5.41) is 2.93. The molecule has 0 aromatic heterocycles. The zero-order valence-corrected chi connectivity index (χ0v) is 11.8. The zero-order chi connectivity index (χ0) is 13.2. The Bertz CT molecular complexity index is 338. The van der Waals surface area contributed by atoms with E-state index in [-0.39, 0.29) is 11.9 Å². The van der Waals surface area contributed by atoms with E-state index in [4.69, 9.17) is 0 Å². The molecule has 1 aliphatic heterocycles. The van der Waals surface area contributed by atoms with Crippen LogP contribution in [-0.4, -0.2) is 34.7 Å². The summed E-state index contributed by atoms with van der Waals surface area (Å²) < 4.78 is 0. The molecule has 1 aliphatic carbocycles. The van der Waals surface area contributed by atoms with Crippen molar-refractivity contribution in [3.05, 3.63) is 0 Å². The second-order valence-electron chi connectivity index (χ2n) is 5.58. The number of carbonyl (C=O) groups excluding carboxylic acids is 2. The maximum Gasteiger partial charge on any atom is 0.325 e. The molecule has 0 atom stereocenters. The summed E-state index contributed by atoms with van der Waals surface area (Å²) in [5.74, 6) is 1.46. The van der Waals surface area contributed by atoms with Crippen molar-refractivity contribution in [3.63, 3.8) is 0 Å². The van der Waals surface area contributed by atoms with Crippen molar-refractivity contribution < 1.29 is 9.59 Å². The van der Waals surface area contributed by atoms with Gasteiger partial charge in [0.1, 0.15) is 5.54 Å². The van der Waals surface area contributed by atoms with E-state index >= 15 is 0 Å². The summed E-state index contributed by atoms with van der Waals surface area (Å²) in [4.78, 5) is 25.7. The van der Waals surface area contributed by atoms with Crippen LogP contribution in [0.15, 0.2) is 0 Å². The molecule has 2 aliphatic rings. The van der Waals surface area contributed by atoms with E-state index in [0.29, 0.717) is 12.5 Å². The van der Waals surface area contributed by atoms with Crippen molar-refractivity contribution in [2.24, 2.45) is 5.92 Å². The molecule has 102 valence electrons. The Labute approximate surface area is 114 Å². The molecule has 1 heterocycles. The Morgan fingerprint density at radius 1 is 1.33 bits per heavy atom. The molecule has 2 fully saturated rings. The van der Waals surface area contributed by atoms with Crippen LogP contribution in [0.3, 0.4) is 0 Å². The van der Waals surface area contributed by atoms with Gasteiger partial charge in [0.25, 0.3) is 5.91 Å². The number of urea groups is 1. The van der Waals surface area contributed by atoms with Gasteiger partial charge in [-0.3, -0.25) is 9.69 Å². The molecule has 3 amide bonds. The molecule has 1 saturated carbocycles. The molecule has 0 aromatic rings. The van der Waals surface area contributed by atoms with Gasteiger partial charge in [0.2, 0.25) is 0 Å². The minimum atomic E-state index is -0.579. The number of hydrogen-bond acceptors (Lipinski definition) is 3. The van der Waals surface area contributed by atoms with Crippen LogP contribution in [0, 0.1) is 5.92 Å². The number of thiol groups is 1.